The molecule has 0 aliphatic rings. The Bertz CT molecular complexity index is 376. The van der Waals surface area contributed by atoms with Crippen molar-refractivity contribution in [3.8, 4) is 0 Å². The van der Waals surface area contributed by atoms with Crippen LogP contribution in [0.15, 0.2) is 16.5 Å². The average Bonchev–Trinajstić information content (AvgIpc) is 2.85. The molecule has 0 saturated carbocycles. The number of aliphatic hydroxyl groups excluding tert-OH is 1. The lowest BCUT2D eigenvalue weighted by molar-refractivity contribution is 0.0563. The van der Waals surface area contributed by atoms with E-state index >= 15 is 0 Å². The third-order valence-electron chi connectivity index (χ3n) is 2.69. The van der Waals surface area contributed by atoms with E-state index in [1.54, 1.807) is 23.9 Å². The van der Waals surface area contributed by atoms with E-state index in [-0.39, 0.29) is 23.7 Å². The smallest absolute Gasteiger partial charge is 0.373 e. The summed E-state index contributed by atoms with van der Waals surface area (Å²) in [5.41, 5.74) is 0. The molecule has 2 N–H and O–H groups in total. The Morgan fingerprint density at radius 3 is 2.89 bits per heavy atom. The van der Waals surface area contributed by atoms with Crippen LogP contribution in [-0.2, 0) is 11.3 Å². The first-order chi connectivity index (χ1) is 8.62. The first-order valence-corrected chi connectivity index (χ1v) is 6.95. The number of methoxy groups -OCH3 is 1. The van der Waals surface area contributed by atoms with Gasteiger partial charge in [-0.2, -0.15) is 11.8 Å². The Labute approximate surface area is 111 Å². The van der Waals surface area contributed by atoms with Crippen molar-refractivity contribution in [3.63, 3.8) is 0 Å². The van der Waals surface area contributed by atoms with Gasteiger partial charge in [0.1, 0.15) is 5.76 Å². The minimum atomic E-state index is -0.480. The van der Waals surface area contributed by atoms with Crippen LogP contribution < -0.4 is 5.32 Å². The van der Waals surface area contributed by atoms with E-state index in [2.05, 4.69) is 10.1 Å². The van der Waals surface area contributed by atoms with Crippen molar-refractivity contribution in [2.24, 2.45) is 0 Å². The molecule has 1 aromatic heterocycles. The number of nitrogens with one attached hydrogen (secondary N) is 1. The van der Waals surface area contributed by atoms with Crippen molar-refractivity contribution in [2.75, 3.05) is 20.0 Å². The van der Waals surface area contributed by atoms with E-state index in [1.807, 2.05) is 13.2 Å². The molecule has 0 aliphatic heterocycles. The lowest BCUT2D eigenvalue weighted by atomic mass is 10.2. The maximum absolute atomic E-state index is 11.2. The number of hydrogen-bond acceptors (Lipinski definition) is 6. The lowest BCUT2D eigenvalue weighted by Crippen LogP contribution is -2.36. The third kappa shape index (κ3) is 4.04. The summed E-state index contributed by atoms with van der Waals surface area (Å²) in [5, 5.41) is 12.5. The maximum Gasteiger partial charge on any atom is 0.373 e. The maximum atomic E-state index is 11.2. The quantitative estimate of drug-likeness (QED) is 0.729. The number of carbonyl (C=O) groups is 1. The summed E-state index contributed by atoms with van der Waals surface area (Å²) in [6.45, 7) is 2.64. The van der Waals surface area contributed by atoms with Gasteiger partial charge >= 0.3 is 5.97 Å². The molecule has 0 fully saturated rings. The van der Waals surface area contributed by atoms with E-state index in [0.717, 1.165) is 0 Å². The van der Waals surface area contributed by atoms with Crippen LogP contribution in [0.4, 0.5) is 0 Å². The van der Waals surface area contributed by atoms with Gasteiger partial charge in [0.2, 0.25) is 5.76 Å². The normalized spacial score (nSPS) is 14.2. The summed E-state index contributed by atoms with van der Waals surface area (Å²) in [6.07, 6.45) is 1.96. The van der Waals surface area contributed by atoms with Crippen molar-refractivity contribution in [1.82, 2.24) is 5.32 Å². The van der Waals surface area contributed by atoms with Gasteiger partial charge in [-0.05, 0) is 25.3 Å². The van der Waals surface area contributed by atoms with Crippen LogP contribution in [0.3, 0.4) is 0 Å². The van der Waals surface area contributed by atoms with Crippen LogP contribution in [0.1, 0.15) is 23.2 Å². The van der Waals surface area contributed by atoms with Gasteiger partial charge in [-0.25, -0.2) is 4.79 Å². The van der Waals surface area contributed by atoms with Gasteiger partial charge in [0.25, 0.3) is 0 Å². The number of thioether (sulfide) groups is 1. The molecular weight excluding hydrogens is 254 g/mol. The summed E-state index contributed by atoms with van der Waals surface area (Å²) in [6, 6.07) is 3.47. The number of furan rings is 1. The number of hydrogen-bond donors (Lipinski definition) is 2. The molecule has 2 atom stereocenters. The highest BCUT2D eigenvalue weighted by Crippen LogP contribution is 2.12. The third-order valence-corrected chi connectivity index (χ3v) is 3.85. The second kappa shape index (κ2) is 7.45. The highest BCUT2D eigenvalue weighted by molar-refractivity contribution is 7.99. The van der Waals surface area contributed by atoms with Crippen LogP contribution in [0.5, 0.6) is 0 Å². The van der Waals surface area contributed by atoms with E-state index < -0.39 is 5.97 Å². The van der Waals surface area contributed by atoms with Gasteiger partial charge < -0.3 is 19.6 Å². The molecule has 102 valence electrons. The average molecular weight is 273 g/mol. The lowest BCUT2D eigenvalue weighted by Gasteiger charge is -2.20. The van der Waals surface area contributed by atoms with E-state index in [1.165, 1.54) is 7.11 Å². The van der Waals surface area contributed by atoms with E-state index in [0.29, 0.717) is 12.3 Å². The number of ether oxygens (including phenoxy) is 1. The van der Waals surface area contributed by atoms with Crippen LogP contribution in [0.2, 0.25) is 0 Å². The van der Waals surface area contributed by atoms with Crippen LogP contribution in [0, 0.1) is 0 Å². The van der Waals surface area contributed by atoms with Crippen molar-refractivity contribution in [2.45, 2.75) is 24.8 Å². The van der Waals surface area contributed by atoms with Crippen LogP contribution in [0.25, 0.3) is 0 Å². The number of aliphatic hydroxyl groups is 1. The summed E-state index contributed by atoms with van der Waals surface area (Å²) in [7, 11) is 1.31. The molecular formula is C12H19NO4S. The topological polar surface area (TPSA) is 71.7 Å². The zero-order valence-electron chi connectivity index (χ0n) is 10.8. The Balaban J connectivity index is 2.48. The molecule has 18 heavy (non-hydrogen) atoms. The minimum Gasteiger partial charge on any atom is -0.463 e. The summed E-state index contributed by atoms with van der Waals surface area (Å²) in [5.74, 6) is 0.386. The van der Waals surface area contributed by atoms with E-state index in [4.69, 9.17) is 9.52 Å². The van der Waals surface area contributed by atoms with Crippen LogP contribution >= 0.6 is 11.8 Å². The Hall–Kier alpha value is -0.980. The Kier molecular flexibility index (Phi) is 6.24. The molecule has 0 radical (unpaired) electrons. The predicted octanol–water partition coefficient (Wildman–Crippen LogP) is 1.27. The van der Waals surface area contributed by atoms with Gasteiger partial charge in [-0.1, -0.05) is 0 Å². The molecule has 1 heterocycles. The van der Waals surface area contributed by atoms with Crippen LogP contribution in [-0.4, -0.2) is 42.3 Å². The first-order valence-electron chi connectivity index (χ1n) is 5.66. The SMILES string of the molecule is COC(=O)c1ccc(CNC(C)C(CO)SC)o1. The molecule has 0 aliphatic carbocycles. The van der Waals surface area contributed by atoms with Crippen molar-refractivity contribution in [3.05, 3.63) is 23.7 Å². The Morgan fingerprint density at radius 2 is 2.33 bits per heavy atom. The van der Waals surface area contributed by atoms with E-state index in [9.17, 15) is 4.79 Å². The molecule has 6 heteroatoms. The van der Waals surface area contributed by atoms with Gasteiger partial charge in [0.15, 0.2) is 0 Å². The fraction of sp³-hybridized carbons (Fsp3) is 0.583. The molecule has 2 unspecified atom stereocenters. The molecule has 0 spiro atoms. The highest BCUT2D eigenvalue weighted by atomic mass is 32.2. The number of carbonyl (C=O) groups excluding carboxylic acids is 1. The Morgan fingerprint density at radius 1 is 1.61 bits per heavy atom. The monoisotopic (exact) mass is 273 g/mol. The first kappa shape index (κ1) is 15.1. The summed E-state index contributed by atoms with van der Waals surface area (Å²) >= 11 is 1.61. The second-order valence-electron chi connectivity index (χ2n) is 3.88. The second-order valence-corrected chi connectivity index (χ2v) is 4.96. The molecule has 0 bridgehead atoms. The van der Waals surface area contributed by atoms with Crippen molar-refractivity contribution in [1.29, 1.82) is 0 Å². The summed E-state index contributed by atoms with van der Waals surface area (Å²) < 4.78 is 9.89. The molecule has 0 amide bonds. The van der Waals surface area contributed by atoms with Crippen molar-refractivity contribution < 1.29 is 19.1 Å². The minimum absolute atomic E-state index is 0.126. The molecule has 1 rings (SSSR count). The zero-order chi connectivity index (χ0) is 13.5. The van der Waals surface area contributed by atoms with Gasteiger partial charge in [-0.3, -0.25) is 0 Å². The summed E-state index contributed by atoms with van der Waals surface area (Å²) in [4.78, 5) is 11.2. The highest BCUT2D eigenvalue weighted by Gasteiger charge is 2.16. The number of esters is 1. The number of rotatable bonds is 7. The molecule has 1 aromatic rings. The van der Waals surface area contributed by atoms with Gasteiger partial charge in [0, 0.05) is 11.3 Å². The molecule has 0 aromatic carbocycles. The fourth-order valence-corrected chi connectivity index (χ4v) is 2.17. The largest absolute Gasteiger partial charge is 0.463 e. The van der Waals surface area contributed by atoms with Gasteiger partial charge in [-0.15, -0.1) is 0 Å². The predicted molar refractivity (Wildman–Crippen MR) is 70.7 cm³/mol. The van der Waals surface area contributed by atoms with Gasteiger partial charge in [0.05, 0.1) is 20.3 Å². The molecule has 5 nitrogen and oxygen atoms in total. The fourth-order valence-electron chi connectivity index (χ4n) is 1.51. The zero-order valence-corrected chi connectivity index (χ0v) is 11.6. The standard InChI is InChI=1S/C12H19NO4S/c1-8(11(7-14)18-3)13-6-9-4-5-10(17-9)12(15)16-2/h4-5,8,11,13-14H,6-7H2,1-3H3. The van der Waals surface area contributed by atoms with Crippen molar-refractivity contribution >= 4 is 17.7 Å². The molecule has 0 saturated heterocycles.